The number of aromatic nitrogens is 3. The third kappa shape index (κ3) is 3.74. The molecule has 1 unspecified atom stereocenters. The number of carbonyl (C=O) groups is 1. The Bertz CT molecular complexity index is 719. The van der Waals surface area contributed by atoms with Crippen LogP contribution in [0.5, 0.6) is 0 Å². The normalized spacial score (nSPS) is 18.7. The fourth-order valence-electron chi connectivity index (χ4n) is 2.68. The molecule has 1 amide bonds. The summed E-state index contributed by atoms with van der Waals surface area (Å²) in [6.07, 6.45) is 2.59. The van der Waals surface area contributed by atoms with Crippen molar-refractivity contribution in [1.82, 2.24) is 20.0 Å². The number of likely N-dealkylation sites (tertiary alicyclic amines) is 1. The van der Waals surface area contributed by atoms with Crippen molar-refractivity contribution in [3.05, 3.63) is 23.9 Å². The predicted molar refractivity (Wildman–Crippen MR) is 83.8 cm³/mol. The Morgan fingerprint density at radius 2 is 2.29 bits per heavy atom. The maximum Gasteiger partial charge on any atom is 0.410 e. The maximum absolute atomic E-state index is 13.1. The lowest BCUT2D eigenvalue weighted by molar-refractivity contribution is 0.0195. The van der Waals surface area contributed by atoms with Gasteiger partial charge in [-0.3, -0.25) is 0 Å². The van der Waals surface area contributed by atoms with Crippen molar-refractivity contribution in [2.24, 2.45) is 0 Å². The van der Waals surface area contributed by atoms with E-state index in [9.17, 15) is 9.18 Å². The van der Waals surface area contributed by atoms with E-state index in [1.807, 2.05) is 20.8 Å². The van der Waals surface area contributed by atoms with Crippen LogP contribution in [-0.4, -0.2) is 44.8 Å². The van der Waals surface area contributed by atoms with E-state index in [1.54, 1.807) is 4.90 Å². The number of rotatable bonds is 2. The highest BCUT2D eigenvalue weighted by Crippen LogP contribution is 2.27. The first-order valence-electron chi connectivity index (χ1n) is 7.97. The molecular formula is C16H21FN4O3. The number of nitrogens with one attached hydrogen (secondary N) is 1. The van der Waals surface area contributed by atoms with E-state index in [4.69, 9.17) is 9.26 Å². The number of hydrogen-bond donors (Lipinski definition) is 1. The van der Waals surface area contributed by atoms with Gasteiger partial charge >= 0.3 is 6.09 Å². The summed E-state index contributed by atoms with van der Waals surface area (Å²) in [7, 11) is 0. The highest BCUT2D eigenvalue weighted by Gasteiger charge is 2.30. The fourth-order valence-corrected chi connectivity index (χ4v) is 2.68. The molecule has 3 rings (SSSR count). The number of carbonyl (C=O) groups excluding carboxylic acids is 1. The average molecular weight is 336 g/mol. The van der Waals surface area contributed by atoms with E-state index >= 15 is 0 Å². The van der Waals surface area contributed by atoms with E-state index in [0.717, 1.165) is 12.8 Å². The van der Waals surface area contributed by atoms with E-state index in [-0.39, 0.29) is 17.9 Å². The summed E-state index contributed by atoms with van der Waals surface area (Å²) in [6.45, 7) is 6.65. The number of hydrogen-bond acceptors (Lipinski definition) is 5. The van der Waals surface area contributed by atoms with Crippen LogP contribution in [0.4, 0.5) is 9.18 Å². The zero-order valence-electron chi connectivity index (χ0n) is 14.0. The standard InChI is InChI=1S/C16H21FN4O3/c1-16(2,3)23-15(22)21-6-4-5-10(9-21)13-19-14(24-20-13)12-7-11(17)8-18-12/h7-8,10,18H,4-6,9H2,1-3H3. The van der Waals surface area contributed by atoms with Crippen LogP contribution in [0.3, 0.4) is 0 Å². The van der Waals surface area contributed by atoms with Crippen LogP contribution in [0.15, 0.2) is 16.8 Å². The molecule has 1 N–H and O–H groups in total. The van der Waals surface area contributed by atoms with E-state index in [2.05, 4.69) is 15.1 Å². The molecule has 0 spiro atoms. The third-order valence-corrected chi connectivity index (χ3v) is 3.76. The van der Waals surface area contributed by atoms with Crippen LogP contribution in [0.2, 0.25) is 0 Å². The number of piperidine rings is 1. The molecule has 130 valence electrons. The monoisotopic (exact) mass is 336 g/mol. The molecule has 1 saturated heterocycles. The molecule has 1 aliphatic rings. The third-order valence-electron chi connectivity index (χ3n) is 3.76. The quantitative estimate of drug-likeness (QED) is 0.909. The second-order valence-corrected chi connectivity index (χ2v) is 6.95. The summed E-state index contributed by atoms with van der Waals surface area (Å²) in [5, 5.41) is 3.99. The first-order valence-corrected chi connectivity index (χ1v) is 7.97. The van der Waals surface area contributed by atoms with Gasteiger partial charge in [-0.2, -0.15) is 4.98 Å². The largest absolute Gasteiger partial charge is 0.444 e. The predicted octanol–water partition coefficient (Wildman–Crippen LogP) is 3.32. The smallest absolute Gasteiger partial charge is 0.410 e. The Balaban J connectivity index is 1.69. The molecule has 24 heavy (non-hydrogen) atoms. The molecule has 0 saturated carbocycles. The van der Waals surface area contributed by atoms with Crippen molar-refractivity contribution in [2.45, 2.75) is 45.1 Å². The summed E-state index contributed by atoms with van der Waals surface area (Å²) >= 11 is 0. The van der Waals surface area contributed by atoms with Gasteiger partial charge in [0.15, 0.2) is 5.82 Å². The van der Waals surface area contributed by atoms with Crippen LogP contribution >= 0.6 is 0 Å². The Labute approximate surface area is 139 Å². The highest BCUT2D eigenvalue weighted by atomic mass is 19.1. The average Bonchev–Trinajstić information content (AvgIpc) is 3.14. The van der Waals surface area contributed by atoms with Gasteiger partial charge in [0, 0.05) is 31.3 Å². The number of ether oxygens (including phenoxy) is 1. The lowest BCUT2D eigenvalue weighted by Gasteiger charge is -2.32. The molecule has 1 atom stereocenters. The number of nitrogens with zero attached hydrogens (tertiary/aromatic N) is 3. The molecule has 1 fully saturated rings. The molecule has 3 heterocycles. The lowest BCUT2D eigenvalue weighted by Crippen LogP contribution is -2.42. The lowest BCUT2D eigenvalue weighted by atomic mass is 9.98. The molecule has 0 aromatic carbocycles. The minimum absolute atomic E-state index is 0.0245. The van der Waals surface area contributed by atoms with Gasteiger partial charge in [-0.25, -0.2) is 9.18 Å². The van der Waals surface area contributed by atoms with Gasteiger partial charge in [-0.15, -0.1) is 0 Å². The van der Waals surface area contributed by atoms with Crippen LogP contribution in [0.1, 0.15) is 45.4 Å². The van der Waals surface area contributed by atoms with Gasteiger partial charge in [0.05, 0.1) is 0 Å². The maximum atomic E-state index is 13.1. The Morgan fingerprint density at radius 1 is 1.50 bits per heavy atom. The minimum Gasteiger partial charge on any atom is -0.444 e. The zero-order valence-corrected chi connectivity index (χ0v) is 14.0. The molecule has 8 heteroatoms. The SMILES string of the molecule is CC(C)(C)OC(=O)N1CCCC(c2noc(-c3cc(F)c[nH]3)n2)C1. The van der Waals surface area contributed by atoms with E-state index < -0.39 is 11.4 Å². The topological polar surface area (TPSA) is 84.2 Å². The summed E-state index contributed by atoms with van der Waals surface area (Å²) in [5.41, 5.74) is -0.0906. The molecule has 0 bridgehead atoms. The number of amides is 1. The van der Waals surface area contributed by atoms with E-state index in [1.165, 1.54) is 12.3 Å². The van der Waals surface area contributed by atoms with Gasteiger partial charge in [-0.1, -0.05) is 5.16 Å². The van der Waals surface area contributed by atoms with Crippen molar-refractivity contribution in [3.8, 4) is 11.6 Å². The van der Waals surface area contributed by atoms with Crippen LogP contribution in [0.25, 0.3) is 11.6 Å². The molecular weight excluding hydrogens is 315 g/mol. The minimum atomic E-state index is -0.527. The zero-order chi connectivity index (χ0) is 17.3. The van der Waals surface area contributed by atoms with Gasteiger partial charge in [0.2, 0.25) is 0 Å². The van der Waals surface area contributed by atoms with Crippen molar-refractivity contribution in [2.75, 3.05) is 13.1 Å². The molecule has 2 aromatic heterocycles. The van der Waals surface area contributed by atoms with Crippen molar-refractivity contribution >= 4 is 6.09 Å². The highest BCUT2D eigenvalue weighted by molar-refractivity contribution is 5.68. The summed E-state index contributed by atoms with van der Waals surface area (Å²) in [6, 6.07) is 1.30. The molecule has 2 aromatic rings. The van der Waals surface area contributed by atoms with Gasteiger partial charge in [0.1, 0.15) is 17.1 Å². The second-order valence-electron chi connectivity index (χ2n) is 6.95. The number of H-pyrrole nitrogens is 1. The summed E-state index contributed by atoms with van der Waals surface area (Å²) in [5.74, 6) is 0.346. The van der Waals surface area contributed by atoms with Crippen LogP contribution in [-0.2, 0) is 4.74 Å². The Hall–Kier alpha value is -2.38. The Kier molecular flexibility index (Phi) is 4.29. The fraction of sp³-hybridized carbons (Fsp3) is 0.562. The number of halogens is 1. The van der Waals surface area contributed by atoms with Crippen molar-refractivity contribution < 1.29 is 18.4 Å². The van der Waals surface area contributed by atoms with Gasteiger partial charge < -0.3 is 19.1 Å². The van der Waals surface area contributed by atoms with Crippen LogP contribution in [0, 0.1) is 5.82 Å². The molecule has 7 nitrogen and oxygen atoms in total. The summed E-state index contributed by atoms with van der Waals surface area (Å²) < 4.78 is 23.7. The van der Waals surface area contributed by atoms with Gasteiger partial charge in [0.25, 0.3) is 5.89 Å². The van der Waals surface area contributed by atoms with Gasteiger partial charge in [-0.05, 0) is 33.6 Å². The molecule has 0 aliphatic carbocycles. The van der Waals surface area contributed by atoms with Crippen molar-refractivity contribution in [3.63, 3.8) is 0 Å². The van der Waals surface area contributed by atoms with E-state index in [0.29, 0.717) is 24.6 Å². The number of aromatic amines is 1. The first-order chi connectivity index (χ1) is 11.3. The van der Waals surface area contributed by atoms with Crippen LogP contribution < -0.4 is 0 Å². The molecule has 1 aliphatic heterocycles. The first kappa shape index (κ1) is 16.5. The van der Waals surface area contributed by atoms with Crippen molar-refractivity contribution in [1.29, 1.82) is 0 Å². The summed E-state index contributed by atoms with van der Waals surface area (Å²) in [4.78, 5) is 20.9. The molecule has 0 radical (unpaired) electrons. The second kappa shape index (κ2) is 6.26. The Morgan fingerprint density at radius 3 is 2.96 bits per heavy atom.